The van der Waals surface area contributed by atoms with Crippen molar-refractivity contribution in [3.8, 4) is 5.75 Å². The van der Waals surface area contributed by atoms with Gasteiger partial charge < -0.3 is 20.3 Å². The Hall–Kier alpha value is -2.86. The highest BCUT2D eigenvalue weighted by Crippen LogP contribution is 2.39. The number of hydrogen-bond acceptors (Lipinski definition) is 4. The highest BCUT2D eigenvalue weighted by atomic mass is 16.5. The molecule has 0 aliphatic carbocycles. The smallest absolute Gasteiger partial charge is 0.255 e. The molecule has 0 bridgehead atoms. The van der Waals surface area contributed by atoms with E-state index >= 15 is 0 Å². The largest absolute Gasteiger partial charge is 0.494 e. The second-order valence-corrected chi connectivity index (χ2v) is 9.10. The summed E-state index contributed by atoms with van der Waals surface area (Å²) in [6, 6.07) is 13.7. The van der Waals surface area contributed by atoms with Crippen molar-refractivity contribution in [3.63, 3.8) is 0 Å². The minimum Gasteiger partial charge on any atom is -0.494 e. The van der Waals surface area contributed by atoms with Gasteiger partial charge in [0, 0.05) is 36.9 Å². The van der Waals surface area contributed by atoms with Crippen molar-refractivity contribution in [2.24, 2.45) is 5.92 Å². The van der Waals surface area contributed by atoms with Crippen LogP contribution in [-0.4, -0.2) is 49.0 Å². The van der Waals surface area contributed by atoms with Gasteiger partial charge in [0.25, 0.3) is 5.91 Å². The highest BCUT2D eigenvalue weighted by molar-refractivity contribution is 6.04. The molecule has 2 aliphatic heterocycles. The SMILES string of the molecule is CCOc1cccc(C(=O)Nc2ccc(C)c(C3CC4CNC(C)CC4N(C)C3=O)c2)c1. The molecule has 4 unspecified atom stereocenters. The molecule has 6 heteroatoms. The Labute approximate surface area is 190 Å². The maximum Gasteiger partial charge on any atom is 0.255 e. The molecule has 2 aromatic rings. The van der Waals surface area contributed by atoms with Crippen molar-refractivity contribution < 1.29 is 14.3 Å². The fourth-order valence-corrected chi connectivity index (χ4v) is 5.10. The van der Waals surface area contributed by atoms with Gasteiger partial charge in [0.05, 0.1) is 12.5 Å². The van der Waals surface area contributed by atoms with E-state index in [4.69, 9.17) is 4.74 Å². The summed E-state index contributed by atoms with van der Waals surface area (Å²) >= 11 is 0. The number of rotatable bonds is 5. The van der Waals surface area contributed by atoms with E-state index in [0.717, 1.165) is 30.5 Å². The minimum atomic E-state index is -0.195. The number of nitrogens with zero attached hydrogens (tertiary/aromatic N) is 1. The molecule has 2 heterocycles. The maximum atomic E-state index is 13.3. The van der Waals surface area contributed by atoms with E-state index in [-0.39, 0.29) is 17.7 Å². The van der Waals surface area contributed by atoms with Crippen LogP contribution >= 0.6 is 0 Å². The number of benzene rings is 2. The monoisotopic (exact) mass is 435 g/mol. The lowest BCUT2D eigenvalue weighted by atomic mass is 9.75. The van der Waals surface area contributed by atoms with Crippen LogP contribution in [0.1, 0.15) is 54.1 Å². The third kappa shape index (κ3) is 4.51. The average Bonchev–Trinajstić information content (AvgIpc) is 2.78. The third-order valence-corrected chi connectivity index (χ3v) is 6.87. The molecule has 0 spiro atoms. The molecule has 2 aromatic carbocycles. The molecule has 6 nitrogen and oxygen atoms in total. The maximum absolute atomic E-state index is 13.3. The molecule has 32 heavy (non-hydrogen) atoms. The van der Waals surface area contributed by atoms with Gasteiger partial charge in [0.15, 0.2) is 0 Å². The minimum absolute atomic E-state index is 0.177. The highest BCUT2D eigenvalue weighted by Gasteiger charge is 2.43. The summed E-state index contributed by atoms with van der Waals surface area (Å²) < 4.78 is 5.51. The molecule has 2 aliphatic rings. The Morgan fingerprint density at radius 3 is 2.81 bits per heavy atom. The first-order valence-corrected chi connectivity index (χ1v) is 11.5. The predicted molar refractivity (Wildman–Crippen MR) is 126 cm³/mol. The topological polar surface area (TPSA) is 70.7 Å². The molecule has 4 atom stereocenters. The average molecular weight is 436 g/mol. The number of aryl methyl sites for hydroxylation is 1. The van der Waals surface area contributed by atoms with Gasteiger partial charge in [-0.1, -0.05) is 12.1 Å². The summed E-state index contributed by atoms with van der Waals surface area (Å²) in [5.41, 5.74) is 3.31. The van der Waals surface area contributed by atoms with Crippen molar-refractivity contribution in [3.05, 3.63) is 59.2 Å². The zero-order valence-electron chi connectivity index (χ0n) is 19.4. The van der Waals surface area contributed by atoms with Crippen molar-refractivity contribution in [2.75, 3.05) is 25.5 Å². The van der Waals surface area contributed by atoms with Crippen LogP contribution in [0.25, 0.3) is 0 Å². The molecule has 2 amide bonds. The van der Waals surface area contributed by atoms with Crippen LogP contribution in [0.4, 0.5) is 5.69 Å². The van der Waals surface area contributed by atoms with Crippen LogP contribution in [0.15, 0.2) is 42.5 Å². The lowest BCUT2D eigenvalue weighted by molar-refractivity contribution is -0.140. The van der Waals surface area contributed by atoms with Crippen LogP contribution in [0.2, 0.25) is 0 Å². The van der Waals surface area contributed by atoms with Gasteiger partial charge >= 0.3 is 0 Å². The van der Waals surface area contributed by atoms with E-state index in [9.17, 15) is 9.59 Å². The van der Waals surface area contributed by atoms with Gasteiger partial charge in [0.1, 0.15) is 5.75 Å². The van der Waals surface area contributed by atoms with E-state index in [2.05, 4.69) is 17.6 Å². The molecule has 0 aromatic heterocycles. The number of amides is 2. The van der Waals surface area contributed by atoms with Crippen LogP contribution < -0.4 is 15.4 Å². The van der Waals surface area contributed by atoms with Gasteiger partial charge in [-0.05, 0) is 81.0 Å². The molecule has 2 saturated heterocycles. The van der Waals surface area contributed by atoms with Crippen LogP contribution in [0.3, 0.4) is 0 Å². The first-order chi connectivity index (χ1) is 15.4. The molecular weight excluding hydrogens is 402 g/mol. The molecule has 0 radical (unpaired) electrons. The first kappa shape index (κ1) is 22.3. The normalized spacial score (nSPS) is 25.2. The van der Waals surface area contributed by atoms with Crippen molar-refractivity contribution in [1.29, 1.82) is 0 Å². The second kappa shape index (κ2) is 9.33. The van der Waals surface area contributed by atoms with E-state index in [1.54, 1.807) is 12.1 Å². The number of nitrogens with one attached hydrogen (secondary N) is 2. The number of carbonyl (C=O) groups excluding carboxylic acids is 2. The van der Waals surface area contributed by atoms with E-state index < -0.39 is 0 Å². The van der Waals surface area contributed by atoms with Crippen LogP contribution in [0.5, 0.6) is 5.75 Å². The molecular formula is C26H33N3O3. The summed E-state index contributed by atoms with van der Waals surface area (Å²) in [5, 5.41) is 6.56. The predicted octanol–water partition coefficient (Wildman–Crippen LogP) is 3.96. The number of likely N-dealkylation sites (tertiary alicyclic amines) is 1. The summed E-state index contributed by atoms with van der Waals surface area (Å²) in [6.07, 6.45) is 1.83. The Kier molecular flexibility index (Phi) is 6.51. The van der Waals surface area contributed by atoms with Crippen molar-refractivity contribution in [1.82, 2.24) is 10.2 Å². The van der Waals surface area contributed by atoms with Gasteiger partial charge in [0.2, 0.25) is 5.91 Å². The van der Waals surface area contributed by atoms with E-state index in [0.29, 0.717) is 41.6 Å². The summed E-state index contributed by atoms with van der Waals surface area (Å²) in [4.78, 5) is 28.1. The van der Waals surface area contributed by atoms with E-state index in [1.807, 2.05) is 56.1 Å². The van der Waals surface area contributed by atoms with Crippen LogP contribution in [0, 0.1) is 12.8 Å². The van der Waals surface area contributed by atoms with Gasteiger partial charge in [-0.3, -0.25) is 9.59 Å². The van der Waals surface area contributed by atoms with Gasteiger partial charge in [-0.15, -0.1) is 0 Å². The summed E-state index contributed by atoms with van der Waals surface area (Å²) in [5.74, 6) is 0.910. The summed E-state index contributed by atoms with van der Waals surface area (Å²) in [6.45, 7) is 7.61. The zero-order chi connectivity index (χ0) is 22.8. The standard InChI is InChI=1S/C26H33N3O3/c1-5-32-21-8-6-7-18(12-21)25(30)28-20-10-9-16(2)22(14-20)23-13-19-15-27-17(3)11-24(19)29(4)26(23)31/h6-10,12,14,17,19,23-24,27H,5,11,13,15H2,1-4H3,(H,28,30). The van der Waals surface area contributed by atoms with Crippen molar-refractivity contribution in [2.45, 2.75) is 51.6 Å². The van der Waals surface area contributed by atoms with Gasteiger partial charge in [-0.25, -0.2) is 0 Å². The fourth-order valence-electron chi connectivity index (χ4n) is 5.10. The first-order valence-electron chi connectivity index (χ1n) is 11.5. The number of anilines is 1. The number of fused-ring (bicyclic) bond motifs is 1. The number of ether oxygens (including phenoxy) is 1. The van der Waals surface area contributed by atoms with Crippen LogP contribution in [-0.2, 0) is 4.79 Å². The lowest BCUT2D eigenvalue weighted by Gasteiger charge is -2.47. The molecule has 4 rings (SSSR count). The fraction of sp³-hybridized carbons (Fsp3) is 0.462. The quantitative estimate of drug-likeness (QED) is 0.746. The zero-order valence-corrected chi connectivity index (χ0v) is 19.4. The number of carbonyl (C=O) groups is 2. The summed E-state index contributed by atoms with van der Waals surface area (Å²) in [7, 11) is 1.94. The van der Waals surface area contributed by atoms with E-state index in [1.165, 1.54) is 0 Å². The molecule has 0 saturated carbocycles. The Morgan fingerprint density at radius 2 is 2.03 bits per heavy atom. The number of piperidine rings is 2. The Bertz CT molecular complexity index is 1010. The Balaban J connectivity index is 1.54. The van der Waals surface area contributed by atoms with Crippen molar-refractivity contribution >= 4 is 17.5 Å². The second-order valence-electron chi connectivity index (χ2n) is 9.10. The molecule has 2 N–H and O–H groups in total. The molecule has 2 fully saturated rings. The van der Waals surface area contributed by atoms with Gasteiger partial charge in [-0.2, -0.15) is 0 Å². The number of hydrogen-bond donors (Lipinski definition) is 2. The third-order valence-electron chi connectivity index (χ3n) is 6.87. The number of likely N-dealkylation sites (N-methyl/N-ethyl adjacent to an activating group) is 1. The Morgan fingerprint density at radius 1 is 1.22 bits per heavy atom. The molecule has 170 valence electrons. The lowest BCUT2D eigenvalue weighted by Crippen LogP contribution is -2.57.